The molecule has 0 unspecified atom stereocenters. The molecule has 0 amide bonds. The van der Waals surface area contributed by atoms with Gasteiger partial charge in [0.15, 0.2) is 0 Å². The van der Waals surface area contributed by atoms with Crippen LogP contribution in [0, 0.1) is 17.8 Å². The number of aromatic nitrogens is 8. The SMILES string of the molecule is CSc1ccc(Br)nc1.CSc1ccc(C[C@H]2CC[C@H](Cc3ccc(-n4ncccc4=O)cn3)C2)nc1.N[C@H]1CC[C@H](Cc2ccc(-n3ncccc3=O)cn2)C1. The fourth-order valence-electron chi connectivity index (χ4n) is 7.30. The van der Waals surface area contributed by atoms with E-state index in [-0.39, 0.29) is 11.1 Å². The topological polar surface area (TPSA) is 147 Å². The summed E-state index contributed by atoms with van der Waals surface area (Å²) in [7, 11) is 0. The van der Waals surface area contributed by atoms with Crippen LogP contribution in [0.2, 0.25) is 0 Å². The first-order chi connectivity index (χ1) is 27.8. The van der Waals surface area contributed by atoms with Gasteiger partial charge in [-0.2, -0.15) is 19.6 Å². The summed E-state index contributed by atoms with van der Waals surface area (Å²) in [5.74, 6) is 2.02. The van der Waals surface area contributed by atoms with Crippen LogP contribution >= 0.6 is 39.5 Å². The molecule has 6 heterocycles. The highest BCUT2D eigenvalue weighted by molar-refractivity contribution is 9.10. The molecule has 11 nitrogen and oxygen atoms in total. The van der Waals surface area contributed by atoms with Gasteiger partial charge in [-0.25, -0.2) is 4.98 Å². The van der Waals surface area contributed by atoms with E-state index in [0.717, 1.165) is 48.1 Å². The van der Waals surface area contributed by atoms with Gasteiger partial charge in [0.2, 0.25) is 0 Å². The van der Waals surface area contributed by atoms with E-state index in [9.17, 15) is 9.59 Å². The van der Waals surface area contributed by atoms with Crippen LogP contribution in [0.5, 0.6) is 0 Å². The minimum atomic E-state index is -0.149. The van der Waals surface area contributed by atoms with Crippen molar-refractivity contribution >= 4 is 39.5 Å². The predicted molar refractivity (Wildman–Crippen MR) is 232 cm³/mol. The summed E-state index contributed by atoms with van der Waals surface area (Å²) in [6, 6.07) is 22.7. The van der Waals surface area contributed by atoms with Gasteiger partial charge < -0.3 is 5.73 Å². The Balaban J connectivity index is 0.000000164. The van der Waals surface area contributed by atoms with E-state index in [2.05, 4.69) is 64.5 Å². The van der Waals surface area contributed by atoms with E-state index in [1.54, 1.807) is 60.4 Å². The number of hydrogen-bond acceptors (Lipinski definition) is 11. The first-order valence-electron chi connectivity index (χ1n) is 19.2. The maximum Gasteiger partial charge on any atom is 0.271 e. The number of nitrogens with two attached hydrogens (primary N) is 1. The molecule has 14 heteroatoms. The van der Waals surface area contributed by atoms with Crippen molar-refractivity contribution in [3.63, 3.8) is 0 Å². The molecule has 0 aliphatic heterocycles. The van der Waals surface area contributed by atoms with Gasteiger partial charge in [-0.15, -0.1) is 23.5 Å². The molecule has 4 atom stereocenters. The van der Waals surface area contributed by atoms with E-state index < -0.39 is 0 Å². The molecule has 0 radical (unpaired) electrons. The highest BCUT2D eigenvalue weighted by atomic mass is 79.9. The quantitative estimate of drug-likeness (QED) is 0.106. The van der Waals surface area contributed by atoms with Crippen LogP contribution in [0.3, 0.4) is 0 Å². The Hall–Kier alpha value is -4.50. The monoisotopic (exact) mass is 865 g/mol. The van der Waals surface area contributed by atoms with Gasteiger partial charge in [0.05, 0.1) is 23.8 Å². The second-order valence-electron chi connectivity index (χ2n) is 14.4. The van der Waals surface area contributed by atoms with Gasteiger partial charge in [0.1, 0.15) is 4.60 Å². The lowest BCUT2D eigenvalue weighted by Gasteiger charge is -2.12. The average molecular weight is 867 g/mol. The second kappa shape index (κ2) is 21.3. The van der Waals surface area contributed by atoms with E-state index in [1.165, 1.54) is 62.7 Å². The van der Waals surface area contributed by atoms with Crippen molar-refractivity contribution in [2.24, 2.45) is 23.5 Å². The second-order valence-corrected chi connectivity index (χ2v) is 16.9. The largest absolute Gasteiger partial charge is 0.328 e. The lowest BCUT2D eigenvalue weighted by Crippen LogP contribution is -2.19. The van der Waals surface area contributed by atoms with Crippen molar-refractivity contribution in [3.05, 3.63) is 152 Å². The summed E-state index contributed by atoms with van der Waals surface area (Å²) in [6.45, 7) is 0. The Labute approximate surface area is 350 Å². The summed E-state index contributed by atoms with van der Waals surface area (Å²) < 4.78 is 3.61. The highest BCUT2D eigenvalue weighted by Gasteiger charge is 2.26. The molecule has 6 aromatic rings. The molecule has 0 bridgehead atoms. The Morgan fingerprint density at radius 2 is 1.05 bits per heavy atom. The van der Waals surface area contributed by atoms with Crippen LogP contribution in [0.15, 0.2) is 134 Å². The summed E-state index contributed by atoms with van der Waals surface area (Å²) in [5, 5.41) is 8.14. The van der Waals surface area contributed by atoms with Crippen LogP contribution in [-0.4, -0.2) is 58.1 Å². The molecule has 8 rings (SSSR count). The maximum atomic E-state index is 11.9. The molecule has 57 heavy (non-hydrogen) atoms. The molecular weight excluding hydrogens is 819 g/mol. The third-order valence-electron chi connectivity index (χ3n) is 10.2. The van der Waals surface area contributed by atoms with Crippen molar-refractivity contribution in [1.82, 2.24) is 39.5 Å². The number of hydrogen-bond donors (Lipinski definition) is 1. The van der Waals surface area contributed by atoms with Gasteiger partial charge >= 0.3 is 0 Å². The molecule has 6 aromatic heterocycles. The summed E-state index contributed by atoms with van der Waals surface area (Å²) in [6.07, 6.45) is 24.7. The van der Waals surface area contributed by atoms with Crippen LogP contribution in [0.4, 0.5) is 0 Å². The maximum absolute atomic E-state index is 11.9. The molecule has 0 saturated heterocycles. The molecule has 2 N–H and O–H groups in total. The minimum absolute atomic E-state index is 0.144. The normalized spacial score (nSPS) is 18.6. The Morgan fingerprint density at radius 3 is 1.44 bits per heavy atom. The number of nitrogens with zero attached hydrogens (tertiary/aromatic N) is 8. The molecule has 2 fully saturated rings. The van der Waals surface area contributed by atoms with Gasteiger partial charge in [0, 0.05) is 69.8 Å². The molecular formula is C43H48BrN9O2S2. The third kappa shape index (κ3) is 12.7. The van der Waals surface area contributed by atoms with Crippen molar-refractivity contribution in [2.75, 3.05) is 12.5 Å². The fraction of sp³-hybridized carbons (Fsp3) is 0.349. The highest BCUT2D eigenvalue weighted by Crippen LogP contribution is 2.35. The predicted octanol–water partition coefficient (Wildman–Crippen LogP) is 7.81. The van der Waals surface area contributed by atoms with Crippen LogP contribution in [0.1, 0.15) is 55.6 Å². The van der Waals surface area contributed by atoms with Crippen LogP contribution in [0.25, 0.3) is 11.4 Å². The zero-order valence-corrected chi connectivity index (χ0v) is 35.5. The molecule has 296 valence electrons. The Morgan fingerprint density at radius 1 is 0.596 bits per heavy atom. The fourth-order valence-corrected chi connectivity index (χ4v) is 8.26. The van der Waals surface area contributed by atoms with Gasteiger partial charge in [0.25, 0.3) is 11.1 Å². The molecule has 0 spiro atoms. The number of halogens is 1. The Kier molecular flexibility index (Phi) is 15.7. The first kappa shape index (κ1) is 42.1. The zero-order valence-electron chi connectivity index (χ0n) is 32.2. The summed E-state index contributed by atoms with van der Waals surface area (Å²) in [4.78, 5) is 43.6. The van der Waals surface area contributed by atoms with Crippen LogP contribution < -0.4 is 16.9 Å². The van der Waals surface area contributed by atoms with Crippen LogP contribution in [-0.2, 0) is 19.3 Å². The first-order valence-corrected chi connectivity index (χ1v) is 22.4. The van der Waals surface area contributed by atoms with Crippen molar-refractivity contribution in [2.45, 2.75) is 73.6 Å². The van der Waals surface area contributed by atoms with Crippen molar-refractivity contribution < 1.29 is 0 Å². The molecule has 2 aliphatic carbocycles. The third-order valence-corrected chi connectivity index (χ3v) is 12.1. The number of thioether (sulfide) groups is 2. The molecule has 0 aromatic carbocycles. The minimum Gasteiger partial charge on any atom is -0.328 e. The van der Waals surface area contributed by atoms with E-state index in [0.29, 0.717) is 35.2 Å². The van der Waals surface area contributed by atoms with E-state index in [4.69, 9.17) is 5.73 Å². The lowest BCUT2D eigenvalue weighted by molar-refractivity contribution is 0.480. The van der Waals surface area contributed by atoms with Gasteiger partial charge in [-0.3, -0.25) is 24.5 Å². The molecule has 2 aliphatic rings. The molecule has 2 saturated carbocycles. The average Bonchev–Trinajstić information content (AvgIpc) is 3.87. The smallest absolute Gasteiger partial charge is 0.271 e. The zero-order chi connectivity index (χ0) is 40.0. The van der Waals surface area contributed by atoms with Gasteiger partial charge in [-0.05, 0) is 165 Å². The Bertz CT molecular complexity index is 2250. The van der Waals surface area contributed by atoms with Crippen molar-refractivity contribution in [3.8, 4) is 11.4 Å². The summed E-state index contributed by atoms with van der Waals surface area (Å²) in [5.41, 5.74) is 10.4. The number of rotatable bonds is 10. The van der Waals surface area contributed by atoms with E-state index >= 15 is 0 Å². The van der Waals surface area contributed by atoms with Crippen molar-refractivity contribution in [1.29, 1.82) is 0 Å². The van der Waals surface area contributed by atoms with E-state index in [1.807, 2.05) is 55.0 Å². The summed E-state index contributed by atoms with van der Waals surface area (Å²) >= 11 is 6.68. The van der Waals surface area contributed by atoms with Gasteiger partial charge in [-0.1, -0.05) is 0 Å². The standard InChI is InChI=1S/C22H24N4OS.C15H18N4O.C6H6BrNS/c1-28-21-9-7-19(24-15-21)13-17-5-4-16(11-17)12-18-6-8-20(14-23-18)26-22(27)3-2-10-25-26;16-12-4-3-11(8-12)9-13-5-6-14(10-17-13)19-15(20)2-1-7-18-19;1-9-5-2-3-6(7)8-4-5/h2-3,6-10,14-17H,4-5,11-13H2,1H3;1-2,5-7,10-12H,3-4,8-9,16H2;2-4H,1H3/t16-,17-;11-,12-;/m00./s1. The number of pyridine rings is 4. The lowest BCUT2D eigenvalue weighted by atomic mass is 9.97.